The Morgan fingerprint density at radius 3 is 2.65 bits per heavy atom. The topological polar surface area (TPSA) is 88.5 Å². The van der Waals surface area contributed by atoms with Crippen molar-refractivity contribution in [3.63, 3.8) is 0 Å². The van der Waals surface area contributed by atoms with Crippen molar-refractivity contribution in [2.75, 3.05) is 13.6 Å². The van der Waals surface area contributed by atoms with Crippen LogP contribution in [0.4, 0.5) is 0 Å². The van der Waals surface area contributed by atoms with Gasteiger partial charge in [-0.1, -0.05) is 6.08 Å². The lowest BCUT2D eigenvalue weighted by Crippen LogP contribution is -2.59. The molecule has 2 fully saturated rings. The first-order valence-electron chi connectivity index (χ1n) is 9.45. The number of aliphatic hydroxyl groups excluding tert-OH is 2. The highest BCUT2D eigenvalue weighted by Crippen LogP contribution is 2.27. The van der Waals surface area contributed by atoms with E-state index >= 15 is 0 Å². The van der Waals surface area contributed by atoms with E-state index in [2.05, 4.69) is 11.9 Å². The number of aliphatic hydroxyl groups is 2. The SMILES string of the molecule is C/C=C(/C)C(=O)O[C@H]1[C@H](O)[C@H](O[C@H](C)C[C@H]2CCCN2C)O[C@@H](C)[C@H]1O. The van der Waals surface area contributed by atoms with Gasteiger partial charge in [0.15, 0.2) is 12.4 Å². The Bertz CT molecular complexity index is 510. The summed E-state index contributed by atoms with van der Waals surface area (Å²) in [6.07, 6.45) is -0.373. The monoisotopic (exact) mass is 371 g/mol. The molecular weight excluding hydrogens is 338 g/mol. The smallest absolute Gasteiger partial charge is 0.333 e. The maximum absolute atomic E-state index is 12.0. The second-order valence-electron chi connectivity index (χ2n) is 7.49. The summed E-state index contributed by atoms with van der Waals surface area (Å²) in [6, 6.07) is 0.458. The number of nitrogens with zero attached hydrogens (tertiary/aromatic N) is 1. The molecule has 2 aliphatic rings. The summed E-state index contributed by atoms with van der Waals surface area (Å²) in [4.78, 5) is 14.3. The average Bonchev–Trinajstić information content (AvgIpc) is 3.00. The summed E-state index contributed by atoms with van der Waals surface area (Å²) in [6.45, 7) is 8.06. The van der Waals surface area contributed by atoms with E-state index in [1.165, 1.54) is 6.42 Å². The summed E-state index contributed by atoms with van der Waals surface area (Å²) in [5.41, 5.74) is 0.415. The zero-order valence-corrected chi connectivity index (χ0v) is 16.4. The highest BCUT2D eigenvalue weighted by atomic mass is 16.7. The Labute approximate surface area is 155 Å². The summed E-state index contributed by atoms with van der Waals surface area (Å²) in [7, 11) is 2.10. The van der Waals surface area contributed by atoms with E-state index < -0.39 is 36.7 Å². The van der Waals surface area contributed by atoms with Crippen LogP contribution in [0.3, 0.4) is 0 Å². The molecule has 0 amide bonds. The number of ether oxygens (including phenoxy) is 3. The van der Waals surface area contributed by atoms with Gasteiger partial charge in [-0.2, -0.15) is 0 Å². The van der Waals surface area contributed by atoms with E-state index in [4.69, 9.17) is 14.2 Å². The van der Waals surface area contributed by atoms with Crippen LogP contribution in [0.25, 0.3) is 0 Å². The lowest BCUT2D eigenvalue weighted by molar-refractivity contribution is -0.305. The molecule has 26 heavy (non-hydrogen) atoms. The Balaban J connectivity index is 1.98. The van der Waals surface area contributed by atoms with Gasteiger partial charge in [0.1, 0.15) is 12.2 Å². The average molecular weight is 371 g/mol. The Morgan fingerprint density at radius 2 is 2.08 bits per heavy atom. The Morgan fingerprint density at radius 1 is 1.38 bits per heavy atom. The van der Waals surface area contributed by atoms with Gasteiger partial charge in [0, 0.05) is 11.6 Å². The van der Waals surface area contributed by atoms with Gasteiger partial charge in [-0.15, -0.1) is 0 Å². The quantitative estimate of drug-likeness (QED) is 0.536. The molecule has 0 radical (unpaired) electrons. The molecule has 2 aliphatic heterocycles. The van der Waals surface area contributed by atoms with Crippen molar-refractivity contribution >= 4 is 5.97 Å². The third kappa shape index (κ3) is 5.04. The zero-order valence-electron chi connectivity index (χ0n) is 16.4. The molecule has 2 N–H and O–H groups in total. The van der Waals surface area contributed by atoms with Crippen LogP contribution in [0.2, 0.25) is 0 Å². The molecule has 7 nitrogen and oxygen atoms in total. The van der Waals surface area contributed by atoms with Gasteiger partial charge in [0.2, 0.25) is 0 Å². The minimum atomic E-state index is -1.25. The van der Waals surface area contributed by atoms with Crippen LogP contribution in [0.1, 0.15) is 47.0 Å². The van der Waals surface area contributed by atoms with Gasteiger partial charge in [-0.05, 0) is 60.5 Å². The number of carbonyl (C=O) groups excluding carboxylic acids is 1. The predicted molar refractivity (Wildman–Crippen MR) is 96.5 cm³/mol. The number of allylic oxidation sites excluding steroid dienone is 1. The number of rotatable bonds is 6. The first-order chi connectivity index (χ1) is 12.2. The van der Waals surface area contributed by atoms with Gasteiger partial charge in [-0.25, -0.2) is 4.79 Å². The second-order valence-corrected chi connectivity index (χ2v) is 7.49. The van der Waals surface area contributed by atoms with Gasteiger partial charge in [-0.3, -0.25) is 0 Å². The van der Waals surface area contributed by atoms with Crippen molar-refractivity contribution in [1.29, 1.82) is 0 Å². The lowest BCUT2D eigenvalue weighted by atomic mass is 9.99. The lowest BCUT2D eigenvalue weighted by Gasteiger charge is -2.41. The Hall–Kier alpha value is -0.990. The van der Waals surface area contributed by atoms with E-state index in [1.54, 1.807) is 26.8 Å². The molecule has 0 spiro atoms. The zero-order chi connectivity index (χ0) is 19.4. The van der Waals surface area contributed by atoms with Crippen LogP contribution in [0.5, 0.6) is 0 Å². The first-order valence-corrected chi connectivity index (χ1v) is 9.45. The van der Waals surface area contributed by atoms with Crippen LogP contribution in [-0.4, -0.2) is 77.5 Å². The normalized spacial score (nSPS) is 37.6. The molecule has 0 bridgehead atoms. The van der Waals surface area contributed by atoms with Crippen molar-refractivity contribution in [3.05, 3.63) is 11.6 Å². The largest absolute Gasteiger partial charge is 0.453 e. The van der Waals surface area contributed by atoms with Crippen LogP contribution < -0.4 is 0 Å². The van der Waals surface area contributed by atoms with Crippen LogP contribution in [-0.2, 0) is 19.0 Å². The standard InChI is InChI=1S/C19H33NO6/c1-6-11(2)18(23)26-17-15(21)13(4)25-19(16(17)22)24-12(3)10-14-8-7-9-20(14)5/h6,12-17,19,21-22H,7-10H2,1-5H3/b11-6-/t12-,13+,14-,15-,16+,17-,19-/m1/s1. The molecule has 0 aliphatic carbocycles. The molecule has 2 rings (SSSR count). The number of carbonyl (C=O) groups is 1. The van der Waals surface area contributed by atoms with E-state index in [1.807, 2.05) is 6.92 Å². The molecule has 2 heterocycles. The fourth-order valence-corrected chi connectivity index (χ4v) is 3.53. The van der Waals surface area contributed by atoms with Crippen molar-refractivity contribution in [2.24, 2.45) is 0 Å². The van der Waals surface area contributed by atoms with E-state index in [-0.39, 0.29) is 6.10 Å². The molecule has 0 aromatic rings. The predicted octanol–water partition coefficient (Wildman–Crippen LogP) is 1.22. The van der Waals surface area contributed by atoms with Crippen molar-refractivity contribution in [1.82, 2.24) is 4.90 Å². The van der Waals surface area contributed by atoms with E-state index in [9.17, 15) is 15.0 Å². The molecule has 150 valence electrons. The molecule has 2 saturated heterocycles. The molecule has 0 aromatic heterocycles. The van der Waals surface area contributed by atoms with Gasteiger partial charge >= 0.3 is 5.97 Å². The highest BCUT2D eigenvalue weighted by Gasteiger charge is 2.46. The van der Waals surface area contributed by atoms with Crippen molar-refractivity contribution < 1.29 is 29.2 Å². The van der Waals surface area contributed by atoms with Crippen LogP contribution in [0.15, 0.2) is 11.6 Å². The van der Waals surface area contributed by atoms with Gasteiger partial charge in [0.25, 0.3) is 0 Å². The number of hydrogen-bond donors (Lipinski definition) is 2. The van der Waals surface area contributed by atoms with E-state index in [0.717, 1.165) is 19.4 Å². The summed E-state index contributed by atoms with van der Waals surface area (Å²) in [5.74, 6) is -0.566. The summed E-state index contributed by atoms with van der Waals surface area (Å²) < 4.78 is 16.9. The fraction of sp³-hybridized carbons (Fsp3) is 0.842. The molecular formula is C19H33NO6. The molecule has 0 saturated carbocycles. The van der Waals surface area contributed by atoms with Crippen LogP contribution >= 0.6 is 0 Å². The third-order valence-corrected chi connectivity index (χ3v) is 5.42. The number of likely N-dealkylation sites (tertiary alicyclic amines) is 1. The van der Waals surface area contributed by atoms with Crippen molar-refractivity contribution in [3.8, 4) is 0 Å². The highest BCUT2D eigenvalue weighted by molar-refractivity contribution is 5.87. The minimum absolute atomic E-state index is 0.128. The van der Waals surface area contributed by atoms with E-state index in [0.29, 0.717) is 11.6 Å². The van der Waals surface area contributed by atoms with Crippen LogP contribution in [0, 0.1) is 0 Å². The maximum Gasteiger partial charge on any atom is 0.333 e. The Kier molecular flexibility index (Phi) is 7.61. The molecule has 7 atom stereocenters. The maximum atomic E-state index is 12.0. The fourth-order valence-electron chi connectivity index (χ4n) is 3.53. The second kappa shape index (κ2) is 9.28. The molecule has 7 heteroatoms. The van der Waals surface area contributed by atoms with Gasteiger partial charge in [0.05, 0.1) is 12.2 Å². The third-order valence-electron chi connectivity index (χ3n) is 5.42. The summed E-state index contributed by atoms with van der Waals surface area (Å²) >= 11 is 0. The van der Waals surface area contributed by atoms with Gasteiger partial charge < -0.3 is 29.3 Å². The molecule has 0 aromatic carbocycles. The number of hydrogen-bond acceptors (Lipinski definition) is 7. The number of esters is 1. The summed E-state index contributed by atoms with van der Waals surface area (Å²) in [5, 5.41) is 20.8. The van der Waals surface area contributed by atoms with Crippen molar-refractivity contribution in [2.45, 2.75) is 89.8 Å². The first kappa shape index (κ1) is 21.3. The molecule has 0 unspecified atom stereocenters. The minimum Gasteiger partial charge on any atom is -0.453 e.